The van der Waals surface area contributed by atoms with Crippen molar-refractivity contribution in [2.45, 2.75) is 36.1 Å². The average Bonchev–Trinajstić information content (AvgIpc) is 2.25. The second kappa shape index (κ2) is 5.11. The molecule has 0 heterocycles. The SMILES string of the molecule is O=C(O)CC1(NS(=O)(=O)c2ccc(Cl)cc2)CCC1. The van der Waals surface area contributed by atoms with Gasteiger partial charge in [-0.25, -0.2) is 13.1 Å². The number of sulfonamides is 1. The average molecular weight is 304 g/mol. The highest BCUT2D eigenvalue weighted by Gasteiger charge is 2.42. The minimum atomic E-state index is -3.71. The molecule has 0 aromatic heterocycles. The molecule has 0 unspecified atom stereocenters. The van der Waals surface area contributed by atoms with Gasteiger partial charge in [0.2, 0.25) is 10.0 Å². The van der Waals surface area contributed by atoms with Crippen LogP contribution in [0.2, 0.25) is 5.02 Å². The summed E-state index contributed by atoms with van der Waals surface area (Å²) in [5, 5.41) is 9.31. The van der Waals surface area contributed by atoms with Crippen LogP contribution in [0.1, 0.15) is 25.7 Å². The van der Waals surface area contributed by atoms with Gasteiger partial charge >= 0.3 is 5.97 Å². The van der Waals surface area contributed by atoms with Gasteiger partial charge in [-0.1, -0.05) is 11.6 Å². The fourth-order valence-corrected chi connectivity index (χ4v) is 3.75. The lowest BCUT2D eigenvalue weighted by Crippen LogP contribution is -2.54. The summed E-state index contributed by atoms with van der Waals surface area (Å²) >= 11 is 5.71. The Morgan fingerprint density at radius 1 is 1.32 bits per heavy atom. The van der Waals surface area contributed by atoms with Gasteiger partial charge in [-0.15, -0.1) is 0 Å². The summed E-state index contributed by atoms with van der Waals surface area (Å²) in [6.45, 7) is 0. The van der Waals surface area contributed by atoms with Crippen molar-refractivity contribution in [1.29, 1.82) is 0 Å². The van der Waals surface area contributed by atoms with Crippen LogP contribution in [0.5, 0.6) is 0 Å². The Morgan fingerprint density at radius 3 is 2.32 bits per heavy atom. The minimum Gasteiger partial charge on any atom is -0.481 e. The molecule has 0 radical (unpaired) electrons. The zero-order valence-electron chi connectivity index (χ0n) is 10.1. The van der Waals surface area contributed by atoms with E-state index in [1.54, 1.807) is 0 Å². The number of nitrogens with one attached hydrogen (secondary N) is 1. The number of hydrogen-bond donors (Lipinski definition) is 2. The first-order chi connectivity index (χ1) is 8.83. The van der Waals surface area contributed by atoms with Gasteiger partial charge in [-0.2, -0.15) is 0 Å². The molecule has 0 bridgehead atoms. The summed E-state index contributed by atoms with van der Waals surface area (Å²) in [7, 11) is -3.71. The Bertz CT molecular complexity index is 578. The monoisotopic (exact) mass is 303 g/mol. The Labute approximate surface area is 116 Å². The molecule has 0 atom stereocenters. The van der Waals surface area contributed by atoms with E-state index in [-0.39, 0.29) is 11.3 Å². The van der Waals surface area contributed by atoms with Crippen LogP contribution in [-0.4, -0.2) is 25.0 Å². The highest BCUT2D eigenvalue weighted by Crippen LogP contribution is 2.36. The molecule has 0 saturated heterocycles. The topological polar surface area (TPSA) is 83.5 Å². The minimum absolute atomic E-state index is 0.0913. The zero-order chi connectivity index (χ0) is 14.1. The number of carbonyl (C=O) groups is 1. The lowest BCUT2D eigenvalue weighted by molar-refractivity contribution is -0.139. The van der Waals surface area contributed by atoms with E-state index >= 15 is 0 Å². The van der Waals surface area contributed by atoms with Crippen molar-refractivity contribution >= 4 is 27.6 Å². The first-order valence-electron chi connectivity index (χ1n) is 5.84. The molecule has 1 aliphatic carbocycles. The van der Waals surface area contributed by atoms with Crippen LogP contribution in [-0.2, 0) is 14.8 Å². The number of halogens is 1. The van der Waals surface area contributed by atoms with E-state index in [1.165, 1.54) is 24.3 Å². The lowest BCUT2D eigenvalue weighted by atomic mass is 9.75. The van der Waals surface area contributed by atoms with Crippen molar-refractivity contribution in [2.75, 3.05) is 0 Å². The highest BCUT2D eigenvalue weighted by atomic mass is 35.5. The first-order valence-corrected chi connectivity index (χ1v) is 7.71. The van der Waals surface area contributed by atoms with E-state index in [9.17, 15) is 13.2 Å². The molecule has 104 valence electrons. The van der Waals surface area contributed by atoms with Crippen LogP contribution in [0.15, 0.2) is 29.2 Å². The molecule has 5 nitrogen and oxygen atoms in total. The van der Waals surface area contributed by atoms with Crippen molar-refractivity contribution in [3.8, 4) is 0 Å². The van der Waals surface area contributed by atoms with Gasteiger partial charge in [0.05, 0.1) is 11.3 Å². The van der Waals surface area contributed by atoms with Crippen molar-refractivity contribution in [3.05, 3.63) is 29.3 Å². The summed E-state index contributed by atoms with van der Waals surface area (Å²) in [4.78, 5) is 10.9. The van der Waals surface area contributed by atoms with Gasteiger partial charge in [0, 0.05) is 10.6 Å². The first kappa shape index (κ1) is 14.3. The number of carboxylic acids is 1. The number of aliphatic carboxylic acids is 1. The smallest absolute Gasteiger partial charge is 0.305 e. The van der Waals surface area contributed by atoms with Crippen LogP contribution >= 0.6 is 11.6 Å². The van der Waals surface area contributed by atoms with E-state index in [1.807, 2.05) is 0 Å². The van der Waals surface area contributed by atoms with E-state index < -0.39 is 21.5 Å². The Morgan fingerprint density at radius 2 is 1.89 bits per heavy atom. The van der Waals surface area contributed by atoms with E-state index in [0.717, 1.165) is 6.42 Å². The fourth-order valence-electron chi connectivity index (χ4n) is 2.17. The second-order valence-electron chi connectivity index (χ2n) is 4.76. The van der Waals surface area contributed by atoms with Crippen LogP contribution in [0.4, 0.5) is 0 Å². The third-order valence-corrected chi connectivity index (χ3v) is 5.12. The predicted molar refractivity (Wildman–Crippen MR) is 70.6 cm³/mol. The summed E-state index contributed by atoms with van der Waals surface area (Å²) in [5.74, 6) is -1.00. The van der Waals surface area contributed by atoms with Gasteiger partial charge in [0.1, 0.15) is 0 Å². The molecule has 1 saturated carbocycles. The Balaban J connectivity index is 2.21. The van der Waals surface area contributed by atoms with Crippen LogP contribution in [0.3, 0.4) is 0 Å². The number of benzene rings is 1. The molecule has 2 rings (SSSR count). The maximum absolute atomic E-state index is 12.2. The van der Waals surface area contributed by atoms with E-state index in [4.69, 9.17) is 16.7 Å². The van der Waals surface area contributed by atoms with E-state index in [0.29, 0.717) is 17.9 Å². The van der Waals surface area contributed by atoms with Crippen LogP contribution in [0.25, 0.3) is 0 Å². The van der Waals surface area contributed by atoms with Gasteiger partial charge in [0.25, 0.3) is 0 Å². The summed E-state index contributed by atoms with van der Waals surface area (Å²) in [5.41, 5.74) is -0.843. The lowest BCUT2D eigenvalue weighted by Gasteiger charge is -2.40. The van der Waals surface area contributed by atoms with Gasteiger partial charge in [-0.3, -0.25) is 4.79 Å². The number of carboxylic acid groups (broad SMARTS) is 1. The second-order valence-corrected chi connectivity index (χ2v) is 6.88. The molecular formula is C12H14ClNO4S. The third-order valence-electron chi connectivity index (χ3n) is 3.28. The quantitative estimate of drug-likeness (QED) is 0.871. The Hall–Kier alpha value is -1.11. The summed E-state index contributed by atoms with van der Waals surface area (Å²) in [6, 6.07) is 5.77. The van der Waals surface area contributed by atoms with Crippen LogP contribution in [0, 0.1) is 0 Å². The molecule has 0 amide bonds. The van der Waals surface area contributed by atoms with Crippen molar-refractivity contribution in [1.82, 2.24) is 4.72 Å². The van der Waals surface area contributed by atoms with Crippen molar-refractivity contribution in [3.63, 3.8) is 0 Å². The number of hydrogen-bond acceptors (Lipinski definition) is 3. The summed E-state index contributed by atoms with van der Waals surface area (Å²) in [6.07, 6.45) is 1.73. The largest absolute Gasteiger partial charge is 0.481 e. The fraction of sp³-hybridized carbons (Fsp3) is 0.417. The highest BCUT2D eigenvalue weighted by molar-refractivity contribution is 7.89. The normalized spacial score (nSPS) is 17.7. The van der Waals surface area contributed by atoms with Crippen molar-refractivity contribution in [2.24, 2.45) is 0 Å². The zero-order valence-corrected chi connectivity index (χ0v) is 11.7. The molecule has 2 N–H and O–H groups in total. The maximum Gasteiger partial charge on any atom is 0.305 e. The van der Waals surface area contributed by atoms with E-state index in [2.05, 4.69) is 4.72 Å². The van der Waals surface area contributed by atoms with Crippen molar-refractivity contribution < 1.29 is 18.3 Å². The molecular weight excluding hydrogens is 290 g/mol. The standard InChI is InChI=1S/C12H14ClNO4S/c13-9-2-4-10(5-3-9)19(17,18)14-12(6-1-7-12)8-11(15)16/h2-5,14H,1,6-8H2,(H,15,16). The molecule has 7 heteroatoms. The maximum atomic E-state index is 12.2. The predicted octanol–water partition coefficient (Wildman–Crippen LogP) is 2.02. The summed E-state index contributed by atoms with van der Waals surface area (Å²) < 4.78 is 26.9. The molecule has 0 spiro atoms. The molecule has 1 aliphatic rings. The van der Waals surface area contributed by atoms with Crippen LogP contribution < -0.4 is 4.72 Å². The van der Waals surface area contributed by atoms with Gasteiger partial charge < -0.3 is 5.11 Å². The molecule has 1 aromatic carbocycles. The molecule has 0 aliphatic heterocycles. The number of rotatable bonds is 5. The molecule has 19 heavy (non-hydrogen) atoms. The molecule has 1 fully saturated rings. The third kappa shape index (κ3) is 3.26. The van der Waals surface area contributed by atoms with Gasteiger partial charge in [0.15, 0.2) is 0 Å². The molecule has 1 aromatic rings. The Kier molecular flexibility index (Phi) is 3.85. The van der Waals surface area contributed by atoms with Gasteiger partial charge in [-0.05, 0) is 43.5 Å².